The Labute approximate surface area is 68.2 Å². The lowest BCUT2D eigenvalue weighted by Crippen LogP contribution is -2.28. The zero-order valence-corrected chi connectivity index (χ0v) is 7.22. The first kappa shape index (κ1) is 8.98. The number of rotatable bonds is 2. The van der Waals surface area contributed by atoms with Crippen LogP contribution in [0.25, 0.3) is 0 Å². The van der Waals surface area contributed by atoms with Gasteiger partial charge in [-0.15, -0.1) is 0 Å². The van der Waals surface area contributed by atoms with E-state index in [-0.39, 0.29) is 12.5 Å². The molecule has 1 rings (SSSR count). The topological polar surface area (TPSA) is 26.0 Å². The second-order valence-corrected chi connectivity index (χ2v) is 3.78. The van der Waals surface area contributed by atoms with Gasteiger partial charge < -0.3 is 5.73 Å². The summed E-state index contributed by atoms with van der Waals surface area (Å²) < 4.78 is 13.1. The number of hydrogen-bond donors (Lipinski definition) is 1. The molecule has 0 bridgehead atoms. The lowest BCUT2D eigenvalue weighted by atomic mass is 9.80. The minimum Gasteiger partial charge on any atom is -0.328 e. The number of nitrogens with two attached hydrogens (primary N) is 1. The van der Waals surface area contributed by atoms with Gasteiger partial charge in [0.25, 0.3) is 0 Å². The Morgan fingerprint density at radius 2 is 2.27 bits per heavy atom. The lowest BCUT2D eigenvalue weighted by molar-refractivity contribution is 0.160. The van der Waals surface area contributed by atoms with E-state index in [4.69, 9.17) is 5.73 Å². The van der Waals surface area contributed by atoms with Gasteiger partial charge in [0.2, 0.25) is 0 Å². The normalized spacial score (nSPS) is 35.2. The standard InChI is InChI=1S/C9H18FN/c1-7-3-2-4-8(5-7)9(10)6-11/h7-9H,2-6,11H2,1H3. The zero-order chi connectivity index (χ0) is 8.27. The molecule has 3 atom stereocenters. The fraction of sp³-hybridized carbons (Fsp3) is 1.00. The first-order chi connectivity index (χ1) is 5.24. The van der Waals surface area contributed by atoms with E-state index in [0.29, 0.717) is 5.92 Å². The SMILES string of the molecule is CC1CCCC(C(F)CN)C1. The molecular weight excluding hydrogens is 141 g/mol. The Kier molecular flexibility index (Phi) is 3.31. The van der Waals surface area contributed by atoms with Crippen LogP contribution in [0.4, 0.5) is 4.39 Å². The monoisotopic (exact) mass is 159 g/mol. The van der Waals surface area contributed by atoms with E-state index < -0.39 is 6.17 Å². The van der Waals surface area contributed by atoms with Crippen molar-refractivity contribution in [1.29, 1.82) is 0 Å². The van der Waals surface area contributed by atoms with Crippen molar-refractivity contribution in [2.24, 2.45) is 17.6 Å². The van der Waals surface area contributed by atoms with Crippen LogP contribution in [0, 0.1) is 11.8 Å². The van der Waals surface area contributed by atoms with E-state index in [9.17, 15) is 4.39 Å². The van der Waals surface area contributed by atoms with Gasteiger partial charge >= 0.3 is 0 Å². The average molecular weight is 159 g/mol. The second kappa shape index (κ2) is 4.05. The van der Waals surface area contributed by atoms with Crippen LogP contribution >= 0.6 is 0 Å². The van der Waals surface area contributed by atoms with Gasteiger partial charge in [0.15, 0.2) is 0 Å². The quantitative estimate of drug-likeness (QED) is 0.656. The minimum absolute atomic E-state index is 0.206. The molecule has 0 aromatic heterocycles. The fourth-order valence-electron chi connectivity index (χ4n) is 2.00. The molecule has 0 aromatic carbocycles. The van der Waals surface area contributed by atoms with Gasteiger partial charge in [0.05, 0.1) is 0 Å². The molecule has 2 heteroatoms. The summed E-state index contributed by atoms with van der Waals surface area (Å²) in [6.07, 6.45) is 3.79. The molecule has 0 amide bonds. The molecule has 0 spiro atoms. The summed E-state index contributed by atoms with van der Waals surface area (Å²) in [5, 5.41) is 0. The van der Waals surface area contributed by atoms with Crippen LogP contribution in [0.5, 0.6) is 0 Å². The first-order valence-electron chi connectivity index (χ1n) is 4.58. The highest BCUT2D eigenvalue weighted by atomic mass is 19.1. The molecule has 1 saturated carbocycles. The van der Waals surface area contributed by atoms with Crippen LogP contribution in [0.3, 0.4) is 0 Å². The van der Waals surface area contributed by atoms with Crippen molar-refractivity contribution in [2.45, 2.75) is 38.8 Å². The number of alkyl halides is 1. The zero-order valence-electron chi connectivity index (χ0n) is 7.22. The maximum Gasteiger partial charge on any atom is 0.115 e. The highest BCUT2D eigenvalue weighted by molar-refractivity contribution is 4.76. The molecule has 3 unspecified atom stereocenters. The number of halogens is 1. The predicted octanol–water partition coefficient (Wildman–Crippen LogP) is 2.11. The molecular formula is C9H18FN. The van der Waals surface area contributed by atoms with Crippen molar-refractivity contribution >= 4 is 0 Å². The van der Waals surface area contributed by atoms with Crippen LogP contribution in [0.2, 0.25) is 0 Å². The molecule has 1 aliphatic rings. The van der Waals surface area contributed by atoms with Crippen molar-refractivity contribution in [3.8, 4) is 0 Å². The minimum atomic E-state index is -0.752. The molecule has 2 N–H and O–H groups in total. The van der Waals surface area contributed by atoms with E-state index in [2.05, 4.69) is 6.92 Å². The largest absolute Gasteiger partial charge is 0.328 e. The first-order valence-corrected chi connectivity index (χ1v) is 4.58. The van der Waals surface area contributed by atoms with E-state index in [0.717, 1.165) is 12.8 Å². The van der Waals surface area contributed by atoms with Crippen molar-refractivity contribution in [3.63, 3.8) is 0 Å². The van der Waals surface area contributed by atoms with Gasteiger partial charge in [0.1, 0.15) is 6.17 Å². The Balaban J connectivity index is 2.33. The van der Waals surface area contributed by atoms with Gasteiger partial charge in [-0.1, -0.05) is 19.8 Å². The van der Waals surface area contributed by atoms with Gasteiger partial charge in [-0.3, -0.25) is 0 Å². The van der Waals surface area contributed by atoms with Crippen LogP contribution in [-0.4, -0.2) is 12.7 Å². The van der Waals surface area contributed by atoms with Crippen molar-refractivity contribution < 1.29 is 4.39 Å². The Morgan fingerprint density at radius 3 is 2.82 bits per heavy atom. The third-order valence-corrected chi connectivity index (χ3v) is 2.71. The molecule has 0 radical (unpaired) electrons. The Morgan fingerprint density at radius 1 is 1.55 bits per heavy atom. The lowest BCUT2D eigenvalue weighted by Gasteiger charge is -2.28. The summed E-state index contributed by atoms with van der Waals surface area (Å²) in [6.45, 7) is 2.41. The van der Waals surface area contributed by atoms with Crippen molar-refractivity contribution in [3.05, 3.63) is 0 Å². The third-order valence-electron chi connectivity index (χ3n) is 2.71. The van der Waals surface area contributed by atoms with Gasteiger partial charge in [-0.05, 0) is 24.7 Å². The Hall–Kier alpha value is -0.110. The van der Waals surface area contributed by atoms with Gasteiger partial charge in [0, 0.05) is 6.54 Å². The van der Waals surface area contributed by atoms with E-state index >= 15 is 0 Å². The summed E-state index contributed by atoms with van der Waals surface area (Å²) in [4.78, 5) is 0. The second-order valence-electron chi connectivity index (χ2n) is 3.78. The van der Waals surface area contributed by atoms with Crippen LogP contribution in [-0.2, 0) is 0 Å². The predicted molar refractivity (Wildman–Crippen MR) is 45.1 cm³/mol. The molecule has 1 aliphatic carbocycles. The molecule has 0 saturated heterocycles. The van der Waals surface area contributed by atoms with Crippen LogP contribution < -0.4 is 5.73 Å². The summed E-state index contributed by atoms with van der Waals surface area (Å²) in [5.74, 6) is 0.960. The van der Waals surface area contributed by atoms with Gasteiger partial charge in [-0.2, -0.15) is 0 Å². The average Bonchev–Trinajstić information content (AvgIpc) is 2.03. The molecule has 66 valence electrons. The molecule has 1 nitrogen and oxygen atoms in total. The fourth-order valence-corrected chi connectivity index (χ4v) is 2.00. The Bertz CT molecular complexity index is 116. The maximum absolute atomic E-state index is 13.1. The van der Waals surface area contributed by atoms with Crippen molar-refractivity contribution in [2.75, 3.05) is 6.54 Å². The maximum atomic E-state index is 13.1. The highest BCUT2D eigenvalue weighted by Crippen LogP contribution is 2.31. The number of hydrogen-bond acceptors (Lipinski definition) is 1. The highest BCUT2D eigenvalue weighted by Gasteiger charge is 2.25. The molecule has 11 heavy (non-hydrogen) atoms. The summed E-state index contributed by atoms with van der Waals surface area (Å²) in [5.41, 5.74) is 5.27. The summed E-state index contributed by atoms with van der Waals surface area (Å²) in [6, 6.07) is 0. The smallest absolute Gasteiger partial charge is 0.115 e. The van der Waals surface area contributed by atoms with Crippen molar-refractivity contribution in [1.82, 2.24) is 0 Å². The van der Waals surface area contributed by atoms with E-state index in [1.165, 1.54) is 12.8 Å². The summed E-state index contributed by atoms with van der Waals surface area (Å²) in [7, 11) is 0. The summed E-state index contributed by atoms with van der Waals surface area (Å²) >= 11 is 0. The van der Waals surface area contributed by atoms with Crippen LogP contribution in [0.1, 0.15) is 32.6 Å². The molecule has 0 aliphatic heterocycles. The molecule has 0 aromatic rings. The third kappa shape index (κ3) is 2.44. The van der Waals surface area contributed by atoms with E-state index in [1.54, 1.807) is 0 Å². The molecule has 1 fully saturated rings. The molecule has 0 heterocycles. The van der Waals surface area contributed by atoms with Gasteiger partial charge in [-0.25, -0.2) is 4.39 Å². The van der Waals surface area contributed by atoms with Crippen LogP contribution in [0.15, 0.2) is 0 Å². The van der Waals surface area contributed by atoms with E-state index in [1.807, 2.05) is 0 Å².